The summed E-state index contributed by atoms with van der Waals surface area (Å²) in [6.07, 6.45) is 3.76. The van der Waals surface area contributed by atoms with Crippen molar-refractivity contribution in [2.75, 3.05) is 13.2 Å². The summed E-state index contributed by atoms with van der Waals surface area (Å²) in [6.45, 7) is 1.41. The molecule has 2 N–H and O–H groups in total. The molecule has 1 aliphatic carbocycles. The standard InChI is InChI=1S/C11H17NO4/c13-10(8-6-9(8)11(14)15)12-4-3-7-2-1-5-16-7/h7-9H,1-6H2,(H,12,13)(H,14,15). The van der Waals surface area contributed by atoms with E-state index in [0.29, 0.717) is 13.0 Å². The van der Waals surface area contributed by atoms with Crippen molar-refractivity contribution >= 4 is 11.9 Å². The summed E-state index contributed by atoms with van der Waals surface area (Å²) in [5, 5.41) is 11.4. The lowest BCUT2D eigenvalue weighted by Gasteiger charge is -2.09. The minimum Gasteiger partial charge on any atom is -0.481 e. The monoisotopic (exact) mass is 227 g/mol. The van der Waals surface area contributed by atoms with E-state index < -0.39 is 11.9 Å². The molecule has 1 aliphatic heterocycles. The van der Waals surface area contributed by atoms with Gasteiger partial charge in [-0.2, -0.15) is 0 Å². The highest BCUT2D eigenvalue weighted by atomic mass is 16.5. The summed E-state index contributed by atoms with van der Waals surface area (Å²) in [4.78, 5) is 22.0. The number of amides is 1. The Morgan fingerprint density at radius 2 is 2.19 bits per heavy atom. The fraction of sp³-hybridized carbons (Fsp3) is 0.818. The molecule has 3 atom stereocenters. The number of carbonyl (C=O) groups is 2. The number of aliphatic carboxylic acids is 1. The molecule has 1 amide bonds. The number of hydrogen-bond acceptors (Lipinski definition) is 3. The zero-order valence-corrected chi connectivity index (χ0v) is 9.15. The Kier molecular flexibility index (Phi) is 3.43. The van der Waals surface area contributed by atoms with Gasteiger partial charge in [-0.25, -0.2) is 0 Å². The van der Waals surface area contributed by atoms with Crippen LogP contribution < -0.4 is 5.32 Å². The van der Waals surface area contributed by atoms with Crippen LogP contribution in [0.3, 0.4) is 0 Å². The van der Waals surface area contributed by atoms with Gasteiger partial charge < -0.3 is 15.2 Å². The molecule has 2 rings (SSSR count). The first-order valence-corrected chi connectivity index (χ1v) is 5.80. The van der Waals surface area contributed by atoms with E-state index in [1.54, 1.807) is 0 Å². The Morgan fingerprint density at radius 1 is 1.38 bits per heavy atom. The lowest BCUT2D eigenvalue weighted by Crippen LogP contribution is -2.29. The van der Waals surface area contributed by atoms with Crippen molar-refractivity contribution in [1.29, 1.82) is 0 Å². The van der Waals surface area contributed by atoms with E-state index in [1.807, 2.05) is 0 Å². The van der Waals surface area contributed by atoms with Gasteiger partial charge in [-0.3, -0.25) is 9.59 Å². The molecule has 0 aromatic heterocycles. The van der Waals surface area contributed by atoms with Crippen LogP contribution in [0, 0.1) is 11.8 Å². The molecule has 5 heteroatoms. The maximum atomic E-state index is 11.5. The number of ether oxygens (including phenoxy) is 1. The third kappa shape index (κ3) is 2.72. The Balaban J connectivity index is 1.60. The van der Waals surface area contributed by atoms with Gasteiger partial charge in [0, 0.05) is 13.2 Å². The van der Waals surface area contributed by atoms with Crippen molar-refractivity contribution in [3.05, 3.63) is 0 Å². The van der Waals surface area contributed by atoms with E-state index in [2.05, 4.69) is 5.32 Å². The van der Waals surface area contributed by atoms with Crippen molar-refractivity contribution < 1.29 is 19.4 Å². The minimum atomic E-state index is -0.862. The van der Waals surface area contributed by atoms with Gasteiger partial charge in [0.1, 0.15) is 0 Å². The predicted molar refractivity (Wildman–Crippen MR) is 55.8 cm³/mol. The molecule has 5 nitrogen and oxygen atoms in total. The molecule has 90 valence electrons. The van der Waals surface area contributed by atoms with Crippen molar-refractivity contribution in [2.45, 2.75) is 31.8 Å². The van der Waals surface area contributed by atoms with E-state index >= 15 is 0 Å². The van der Waals surface area contributed by atoms with E-state index in [4.69, 9.17) is 9.84 Å². The second-order valence-corrected chi connectivity index (χ2v) is 4.50. The van der Waals surface area contributed by atoms with E-state index in [0.717, 1.165) is 25.9 Å². The SMILES string of the molecule is O=C(O)C1CC1C(=O)NCCC1CCCO1. The lowest BCUT2D eigenvalue weighted by atomic mass is 10.2. The van der Waals surface area contributed by atoms with Crippen LogP contribution in [0.1, 0.15) is 25.7 Å². The summed E-state index contributed by atoms with van der Waals surface area (Å²) in [7, 11) is 0. The van der Waals surface area contributed by atoms with E-state index in [9.17, 15) is 9.59 Å². The molecule has 0 aromatic rings. The van der Waals surface area contributed by atoms with Crippen molar-refractivity contribution in [1.82, 2.24) is 5.32 Å². The van der Waals surface area contributed by atoms with Crippen LogP contribution in [-0.2, 0) is 14.3 Å². The van der Waals surface area contributed by atoms with E-state index in [-0.39, 0.29) is 17.9 Å². The third-order valence-electron chi connectivity index (χ3n) is 3.23. The van der Waals surface area contributed by atoms with Crippen LogP contribution in [-0.4, -0.2) is 36.2 Å². The van der Waals surface area contributed by atoms with E-state index in [1.165, 1.54) is 0 Å². The van der Waals surface area contributed by atoms with Crippen molar-refractivity contribution in [2.24, 2.45) is 11.8 Å². The molecule has 1 heterocycles. The van der Waals surface area contributed by atoms with Gasteiger partial charge in [0.15, 0.2) is 0 Å². The summed E-state index contributed by atoms with van der Waals surface area (Å²) in [5.74, 6) is -1.74. The number of nitrogens with one attached hydrogen (secondary N) is 1. The molecule has 0 bridgehead atoms. The molecule has 3 unspecified atom stereocenters. The van der Waals surface area contributed by atoms with Crippen LogP contribution in [0.2, 0.25) is 0 Å². The highest BCUT2D eigenvalue weighted by Crippen LogP contribution is 2.38. The Bertz CT molecular complexity index is 286. The molecular formula is C11H17NO4. The highest BCUT2D eigenvalue weighted by molar-refractivity contribution is 5.89. The Morgan fingerprint density at radius 3 is 2.75 bits per heavy atom. The predicted octanol–water partition coefficient (Wildman–Crippen LogP) is 0.392. The highest BCUT2D eigenvalue weighted by Gasteiger charge is 2.48. The summed E-state index contributed by atoms with van der Waals surface area (Å²) in [5.41, 5.74) is 0. The lowest BCUT2D eigenvalue weighted by molar-refractivity contribution is -0.140. The molecule has 2 aliphatic rings. The van der Waals surface area contributed by atoms with Crippen LogP contribution in [0.15, 0.2) is 0 Å². The van der Waals surface area contributed by atoms with Crippen LogP contribution in [0.4, 0.5) is 0 Å². The van der Waals surface area contributed by atoms with Gasteiger partial charge >= 0.3 is 5.97 Å². The molecule has 1 saturated carbocycles. The number of hydrogen-bond donors (Lipinski definition) is 2. The molecule has 2 fully saturated rings. The van der Waals surface area contributed by atoms with Gasteiger partial charge in [-0.1, -0.05) is 0 Å². The topological polar surface area (TPSA) is 75.6 Å². The second-order valence-electron chi connectivity index (χ2n) is 4.50. The van der Waals surface area contributed by atoms with Crippen LogP contribution in [0.5, 0.6) is 0 Å². The van der Waals surface area contributed by atoms with Gasteiger partial charge in [0.25, 0.3) is 0 Å². The smallest absolute Gasteiger partial charge is 0.307 e. The van der Waals surface area contributed by atoms with Crippen molar-refractivity contribution in [3.63, 3.8) is 0 Å². The minimum absolute atomic E-state index is 0.120. The molecular weight excluding hydrogens is 210 g/mol. The normalized spacial score (nSPS) is 32.4. The van der Waals surface area contributed by atoms with Gasteiger partial charge in [0.05, 0.1) is 17.9 Å². The zero-order valence-electron chi connectivity index (χ0n) is 9.15. The Hall–Kier alpha value is -1.10. The van der Waals surface area contributed by atoms with Crippen LogP contribution in [0.25, 0.3) is 0 Å². The average Bonchev–Trinajstić information content (AvgIpc) is 2.90. The quantitative estimate of drug-likeness (QED) is 0.712. The molecule has 1 saturated heterocycles. The maximum Gasteiger partial charge on any atom is 0.307 e. The van der Waals surface area contributed by atoms with Gasteiger partial charge in [-0.15, -0.1) is 0 Å². The summed E-state index contributed by atoms with van der Waals surface area (Å²) < 4.78 is 5.42. The first-order chi connectivity index (χ1) is 7.68. The number of carboxylic acid groups (broad SMARTS) is 1. The Labute approximate surface area is 94.2 Å². The van der Waals surface area contributed by atoms with Gasteiger partial charge in [-0.05, 0) is 25.7 Å². The average molecular weight is 227 g/mol. The van der Waals surface area contributed by atoms with Gasteiger partial charge in [0.2, 0.25) is 5.91 Å². The first-order valence-electron chi connectivity index (χ1n) is 5.80. The third-order valence-corrected chi connectivity index (χ3v) is 3.23. The molecule has 0 spiro atoms. The first kappa shape index (κ1) is 11.4. The van der Waals surface area contributed by atoms with Crippen molar-refractivity contribution in [3.8, 4) is 0 Å². The number of carbonyl (C=O) groups excluding carboxylic acids is 1. The molecule has 16 heavy (non-hydrogen) atoms. The fourth-order valence-corrected chi connectivity index (χ4v) is 2.12. The summed E-state index contributed by atoms with van der Waals surface area (Å²) in [6, 6.07) is 0. The number of carboxylic acids is 1. The van der Waals surface area contributed by atoms with Crippen LogP contribution >= 0.6 is 0 Å². The molecule has 0 aromatic carbocycles. The maximum absolute atomic E-state index is 11.5. The number of rotatable bonds is 5. The largest absolute Gasteiger partial charge is 0.481 e. The summed E-state index contributed by atoms with van der Waals surface area (Å²) >= 11 is 0. The fourth-order valence-electron chi connectivity index (χ4n) is 2.12. The second kappa shape index (κ2) is 4.82. The molecule has 0 radical (unpaired) electrons. The zero-order chi connectivity index (χ0) is 11.5.